The van der Waals surface area contributed by atoms with Crippen molar-refractivity contribution in [2.45, 2.75) is 18.1 Å². The fraction of sp³-hybridized carbons (Fsp3) is 0.455. The average molecular weight is 240 g/mol. The van der Waals surface area contributed by atoms with Crippen LogP contribution in [0.1, 0.15) is 12.8 Å². The van der Waals surface area contributed by atoms with Gasteiger partial charge in [0, 0.05) is 6.54 Å². The summed E-state index contributed by atoms with van der Waals surface area (Å²) in [5, 5.41) is -0.169. The molecule has 0 saturated heterocycles. The number of sulfonamides is 1. The highest BCUT2D eigenvalue weighted by Crippen LogP contribution is 2.27. The predicted octanol–water partition coefficient (Wildman–Crippen LogP) is 0.947. The van der Waals surface area contributed by atoms with Crippen LogP contribution in [-0.2, 0) is 10.0 Å². The minimum absolute atomic E-state index is 0.169. The van der Waals surface area contributed by atoms with E-state index < -0.39 is 10.0 Å². The summed E-state index contributed by atoms with van der Waals surface area (Å²) >= 11 is 0. The molecule has 1 aliphatic rings. The summed E-state index contributed by atoms with van der Waals surface area (Å²) in [6.07, 6.45) is 1.56. The Hall–Kier alpha value is -1.07. The third kappa shape index (κ3) is 3.21. The lowest BCUT2D eigenvalue weighted by Crippen LogP contribution is -2.30. The molecular weight excluding hydrogens is 226 g/mol. The van der Waals surface area contributed by atoms with E-state index in [0.29, 0.717) is 18.9 Å². The molecule has 0 aromatic heterocycles. The first-order chi connectivity index (χ1) is 7.68. The Morgan fingerprint density at radius 2 is 2.31 bits per heavy atom. The Balaban J connectivity index is 1.69. The summed E-state index contributed by atoms with van der Waals surface area (Å²) in [5.41, 5.74) is 0. The number of nitrogens with one attached hydrogen (secondary N) is 1. The highest BCUT2D eigenvalue weighted by Gasteiger charge is 2.35. The van der Waals surface area contributed by atoms with Crippen LogP contribution in [0.5, 0.6) is 5.75 Å². The predicted molar refractivity (Wildman–Crippen MR) is 60.7 cm³/mol. The van der Waals surface area contributed by atoms with Gasteiger partial charge in [-0.15, -0.1) is 0 Å². The van der Waals surface area contributed by atoms with E-state index in [2.05, 4.69) is 10.8 Å². The number of ether oxygens (including phenoxy) is 1. The van der Waals surface area contributed by atoms with Gasteiger partial charge in [0.05, 0.1) is 5.25 Å². The molecule has 0 atom stereocenters. The van der Waals surface area contributed by atoms with E-state index in [1.54, 1.807) is 12.1 Å². The van der Waals surface area contributed by atoms with Gasteiger partial charge in [-0.3, -0.25) is 0 Å². The van der Waals surface area contributed by atoms with E-state index in [1.807, 2.05) is 12.1 Å². The van der Waals surface area contributed by atoms with Crippen LogP contribution in [-0.4, -0.2) is 26.8 Å². The van der Waals surface area contributed by atoms with Gasteiger partial charge in [0.15, 0.2) is 0 Å². The number of hydrogen-bond acceptors (Lipinski definition) is 3. The summed E-state index contributed by atoms with van der Waals surface area (Å²) in [6.45, 7) is 0.650. The first kappa shape index (κ1) is 11.4. The highest BCUT2D eigenvalue weighted by molar-refractivity contribution is 7.90. The first-order valence-corrected chi connectivity index (χ1v) is 6.80. The fourth-order valence-corrected chi connectivity index (χ4v) is 2.68. The third-order valence-corrected chi connectivity index (χ3v) is 4.27. The van der Waals surface area contributed by atoms with Crippen molar-refractivity contribution in [1.82, 2.24) is 4.72 Å². The fourth-order valence-electron chi connectivity index (χ4n) is 1.32. The van der Waals surface area contributed by atoms with E-state index in [4.69, 9.17) is 4.74 Å². The maximum atomic E-state index is 11.4. The van der Waals surface area contributed by atoms with Gasteiger partial charge in [0.25, 0.3) is 0 Å². The summed E-state index contributed by atoms with van der Waals surface area (Å²) in [5.74, 6) is 0.702. The Bertz CT molecular complexity index is 426. The van der Waals surface area contributed by atoms with Gasteiger partial charge in [0.1, 0.15) is 12.4 Å². The van der Waals surface area contributed by atoms with Crippen molar-refractivity contribution in [2.24, 2.45) is 0 Å². The van der Waals surface area contributed by atoms with E-state index in [0.717, 1.165) is 12.8 Å². The Kier molecular flexibility index (Phi) is 3.46. The van der Waals surface area contributed by atoms with E-state index >= 15 is 0 Å². The highest BCUT2D eigenvalue weighted by atomic mass is 32.2. The maximum absolute atomic E-state index is 11.4. The molecule has 87 valence electrons. The third-order valence-electron chi connectivity index (χ3n) is 2.32. The zero-order valence-corrected chi connectivity index (χ0v) is 9.66. The van der Waals surface area contributed by atoms with Gasteiger partial charge in [-0.2, -0.15) is 0 Å². The van der Waals surface area contributed by atoms with Gasteiger partial charge in [-0.05, 0) is 31.0 Å². The Labute approximate surface area is 95.7 Å². The van der Waals surface area contributed by atoms with Crippen LogP contribution in [0, 0.1) is 6.07 Å². The van der Waals surface area contributed by atoms with E-state index in [9.17, 15) is 8.42 Å². The molecule has 1 aromatic rings. The second kappa shape index (κ2) is 4.84. The molecule has 0 unspecified atom stereocenters. The van der Waals surface area contributed by atoms with Gasteiger partial charge in [-0.1, -0.05) is 12.1 Å². The minimum atomic E-state index is -3.08. The second-order valence-corrected chi connectivity index (χ2v) is 5.77. The Morgan fingerprint density at radius 1 is 1.50 bits per heavy atom. The van der Waals surface area contributed by atoms with Gasteiger partial charge in [-0.25, -0.2) is 13.1 Å². The number of rotatable bonds is 6. The summed E-state index contributed by atoms with van der Waals surface area (Å²) in [4.78, 5) is 0. The van der Waals surface area contributed by atoms with E-state index in [1.165, 1.54) is 0 Å². The van der Waals surface area contributed by atoms with Gasteiger partial charge < -0.3 is 4.74 Å². The van der Waals surface area contributed by atoms with Gasteiger partial charge in [0.2, 0.25) is 10.0 Å². The molecule has 1 N–H and O–H groups in total. The molecule has 1 aromatic carbocycles. The standard InChI is InChI=1S/C11H14NO3S/c13-16(14,11-6-7-11)12-8-9-15-10-4-2-1-3-5-10/h1-2,4-5,11-12H,6-9H2. The molecule has 16 heavy (non-hydrogen) atoms. The summed E-state index contributed by atoms with van der Waals surface area (Å²) < 4.78 is 30.7. The van der Waals surface area contributed by atoms with Crippen molar-refractivity contribution in [1.29, 1.82) is 0 Å². The summed E-state index contributed by atoms with van der Waals surface area (Å²) in [6, 6.07) is 10.0. The molecule has 2 rings (SSSR count). The molecule has 1 aliphatic carbocycles. The van der Waals surface area contributed by atoms with Crippen LogP contribution in [0.3, 0.4) is 0 Å². The van der Waals surface area contributed by atoms with Crippen LogP contribution >= 0.6 is 0 Å². The SMILES string of the molecule is O=S(=O)(NCCOc1c[c]ccc1)C1CC1. The molecule has 1 fully saturated rings. The molecule has 5 heteroatoms. The molecule has 0 bridgehead atoms. The van der Waals surface area contributed by atoms with Crippen molar-refractivity contribution in [3.8, 4) is 5.75 Å². The van der Waals surface area contributed by atoms with Crippen molar-refractivity contribution < 1.29 is 13.2 Å². The molecule has 1 radical (unpaired) electrons. The lowest BCUT2D eigenvalue weighted by Gasteiger charge is -2.07. The Morgan fingerprint density at radius 3 is 2.94 bits per heavy atom. The molecular formula is C11H14NO3S. The van der Waals surface area contributed by atoms with Crippen molar-refractivity contribution >= 4 is 10.0 Å². The topological polar surface area (TPSA) is 55.4 Å². The summed E-state index contributed by atoms with van der Waals surface area (Å²) in [7, 11) is -3.08. The lowest BCUT2D eigenvalue weighted by molar-refractivity contribution is 0.322. The largest absolute Gasteiger partial charge is 0.492 e. The van der Waals surface area contributed by atoms with Crippen LogP contribution in [0.4, 0.5) is 0 Å². The molecule has 0 aliphatic heterocycles. The first-order valence-electron chi connectivity index (χ1n) is 5.26. The van der Waals surface area contributed by atoms with Crippen molar-refractivity contribution in [3.05, 3.63) is 30.3 Å². The zero-order valence-electron chi connectivity index (χ0n) is 8.85. The van der Waals surface area contributed by atoms with Gasteiger partial charge >= 0.3 is 0 Å². The quantitative estimate of drug-likeness (QED) is 0.753. The number of hydrogen-bond donors (Lipinski definition) is 1. The van der Waals surface area contributed by atoms with Crippen LogP contribution in [0.15, 0.2) is 24.3 Å². The lowest BCUT2D eigenvalue weighted by atomic mass is 10.3. The smallest absolute Gasteiger partial charge is 0.214 e. The molecule has 0 amide bonds. The minimum Gasteiger partial charge on any atom is -0.492 e. The maximum Gasteiger partial charge on any atom is 0.214 e. The van der Waals surface area contributed by atoms with Crippen LogP contribution in [0.2, 0.25) is 0 Å². The van der Waals surface area contributed by atoms with Crippen molar-refractivity contribution in [3.63, 3.8) is 0 Å². The van der Waals surface area contributed by atoms with E-state index in [-0.39, 0.29) is 5.25 Å². The van der Waals surface area contributed by atoms with Crippen molar-refractivity contribution in [2.75, 3.05) is 13.2 Å². The molecule has 0 spiro atoms. The monoisotopic (exact) mass is 240 g/mol. The number of benzene rings is 1. The molecule has 4 nitrogen and oxygen atoms in total. The van der Waals surface area contributed by atoms with Crippen LogP contribution < -0.4 is 9.46 Å². The molecule has 1 saturated carbocycles. The average Bonchev–Trinajstić information content (AvgIpc) is 3.10. The second-order valence-electron chi connectivity index (χ2n) is 3.73. The zero-order chi connectivity index (χ0) is 11.4. The van der Waals surface area contributed by atoms with Crippen LogP contribution in [0.25, 0.3) is 0 Å². The molecule has 0 heterocycles. The normalized spacial score (nSPS) is 16.0.